The molecule has 1 aromatic carbocycles. The first-order chi connectivity index (χ1) is 9.16. The number of aromatic hydroxyl groups is 1. The Kier molecular flexibility index (Phi) is 1.90. The standard InChI is InChI=1S/C14H12N2O3/c17-8-1-2-9-10-5-6-15(19)11-3-4-13(18)16(14(10)11)12(9)7-8/h1-2,5,7,17,19H,3-4,6H2. The lowest BCUT2D eigenvalue weighted by Crippen LogP contribution is -2.45. The molecule has 2 aromatic rings. The molecule has 5 nitrogen and oxygen atoms in total. The zero-order chi connectivity index (χ0) is 13.1. The van der Waals surface area contributed by atoms with E-state index in [2.05, 4.69) is 0 Å². The highest BCUT2D eigenvalue weighted by molar-refractivity contribution is 5.96. The van der Waals surface area contributed by atoms with Crippen molar-refractivity contribution in [2.75, 3.05) is 6.54 Å². The second kappa shape index (κ2) is 3.39. The smallest absolute Gasteiger partial charge is 0.232 e. The van der Waals surface area contributed by atoms with E-state index in [-0.39, 0.29) is 11.7 Å². The summed E-state index contributed by atoms with van der Waals surface area (Å²) in [5.74, 6) is 0.142. The van der Waals surface area contributed by atoms with E-state index >= 15 is 0 Å². The van der Waals surface area contributed by atoms with Crippen LogP contribution in [0, 0.1) is 0 Å². The zero-order valence-electron chi connectivity index (χ0n) is 10.1. The number of carbonyl (C=O) groups excluding carboxylic acids is 1. The van der Waals surface area contributed by atoms with Gasteiger partial charge in [-0.1, -0.05) is 6.08 Å². The van der Waals surface area contributed by atoms with Crippen molar-refractivity contribution in [1.29, 1.82) is 0 Å². The van der Waals surface area contributed by atoms with Crippen LogP contribution in [0.1, 0.15) is 17.6 Å². The molecule has 2 aliphatic heterocycles. The van der Waals surface area contributed by atoms with E-state index in [0.29, 0.717) is 24.9 Å². The van der Waals surface area contributed by atoms with Gasteiger partial charge in [-0.25, -0.2) is 0 Å². The summed E-state index contributed by atoms with van der Waals surface area (Å²) in [6.45, 7) is 0.427. The number of nitrogens with zero attached hydrogens (tertiary/aromatic N) is 2. The summed E-state index contributed by atoms with van der Waals surface area (Å²) in [5, 5.41) is 23.4. The Morgan fingerprint density at radius 2 is 2.05 bits per heavy atom. The van der Waals surface area contributed by atoms with E-state index in [0.717, 1.165) is 21.7 Å². The average Bonchev–Trinajstić information content (AvgIpc) is 2.71. The van der Waals surface area contributed by atoms with Gasteiger partial charge in [-0.05, 0) is 12.1 Å². The number of benzene rings is 1. The van der Waals surface area contributed by atoms with Gasteiger partial charge < -0.3 is 5.11 Å². The average molecular weight is 256 g/mol. The lowest BCUT2D eigenvalue weighted by molar-refractivity contribution is -0.0194. The molecule has 1 aromatic heterocycles. The molecule has 0 aliphatic carbocycles. The first kappa shape index (κ1) is 10.6. The van der Waals surface area contributed by atoms with Crippen molar-refractivity contribution < 1.29 is 15.1 Å². The maximum absolute atomic E-state index is 12.2. The van der Waals surface area contributed by atoms with Crippen LogP contribution >= 0.6 is 0 Å². The van der Waals surface area contributed by atoms with Gasteiger partial charge in [0.2, 0.25) is 5.91 Å². The quantitative estimate of drug-likeness (QED) is 0.715. The number of phenolic OH excluding ortho intramolecular Hbond substituents is 1. The van der Waals surface area contributed by atoms with Crippen LogP contribution in [0.25, 0.3) is 22.7 Å². The Hall–Kier alpha value is -2.27. The molecule has 0 unspecified atom stereocenters. The van der Waals surface area contributed by atoms with Gasteiger partial charge in [0.15, 0.2) is 0 Å². The van der Waals surface area contributed by atoms with E-state index in [1.807, 2.05) is 12.1 Å². The van der Waals surface area contributed by atoms with E-state index in [9.17, 15) is 15.1 Å². The summed E-state index contributed by atoms with van der Waals surface area (Å²) < 4.78 is 1.61. The number of hydrogen-bond donors (Lipinski definition) is 2. The molecule has 3 heterocycles. The molecule has 0 saturated carbocycles. The first-order valence-electron chi connectivity index (χ1n) is 6.23. The van der Waals surface area contributed by atoms with Crippen molar-refractivity contribution in [2.45, 2.75) is 12.8 Å². The van der Waals surface area contributed by atoms with E-state index in [1.165, 1.54) is 5.06 Å². The lowest BCUT2D eigenvalue weighted by atomic mass is 10.1. The summed E-state index contributed by atoms with van der Waals surface area (Å²) in [4.78, 5) is 12.2. The minimum absolute atomic E-state index is 0.00398. The van der Waals surface area contributed by atoms with Crippen LogP contribution in [0.5, 0.6) is 5.75 Å². The third-order valence-corrected chi connectivity index (χ3v) is 3.87. The number of hydrogen-bond acceptors (Lipinski definition) is 4. The third kappa shape index (κ3) is 1.25. The van der Waals surface area contributed by atoms with Crippen LogP contribution in [0.15, 0.2) is 18.2 Å². The molecule has 2 N–H and O–H groups in total. The van der Waals surface area contributed by atoms with Gasteiger partial charge in [0.05, 0.1) is 23.1 Å². The topological polar surface area (TPSA) is 65.7 Å². The van der Waals surface area contributed by atoms with Gasteiger partial charge >= 0.3 is 0 Å². The second-order valence-corrected chi connectivity index (χ2v) is 4.93. The second-order valence-electron chi connectivity index (χ2n) is 4.93. The molecule has 0 radical (unpaired) electrons. The molecule has 0 bridgehead atoms. The predicted molar refractivity (Wildman–Crippen MR) is 69.1 cm³/mol. The number of hydroxylamine groups is 2. The molecular formula is C14H12N2O3. The highest BCUT2D eigenvalue weighted by Gasteiger charge is 2.26. The highest BCUT2D eigenvalue weighted by atomic mass is 16.5. The molecule has 5 heteroatoms. The fraction of sp³-hybridized carbons (Fsp3) is 0.214. The summed E-state index contributed by atoms with van der Waals surface area (Å²) in [6.07, 6.45) is 2.84. The van der Waals surface area contributed by atoms with Crippen molar-refractivity contribution in [2.24, 2.45) is 0 Å². The molecule has 19 heavy (non-hydrogen) atoms. The SMILES string of the molecule is O=C1CCC2=c3c(c4ccc(O)cc4n31)=CCN2O. The normalized spacial score (nSPS) is 17.6. The van der Waals surface area contributed by atoms with Crippen LogP contribution in [-0.2, 0) is 0 Å². The molecule has 4 rings (SSSR count). The van der Waals surface area contributed by atoms with E-state index in [4.69, 9.17) is 0 Å². The van der Waals surface area contributed by atoms with E-state index < -0.39 is 0 Å². The molecular weight excluding hydrogens is 244 g/mol. The molecule has 0 saturated heterocycles. The fourth-order valence-electron chi connectivity index (χ4n) is 3.05. The maximum Gasteiger partial charge on any atom is 0.232 e. The largest absolute Gasteiger partial charge is 0.508 e. The van der Waals surface area contributed by atoms with Gasteiger partial charge in [-0.3, -0.25) is 19.6 Å². The fourth-order valence-corrected chi connectivity index (χ4v) is 3.05. The summed E-state index contributed by atoms with van der Waals surface area (Å²) in [6, 6.07) is 5.04. The lowest BCUT2D eigenvalue weighted by Gasteiger charge is -2.24. The van der Waals surface area contributed by atoms with Gasteiger partial charge in [0.1, 0.15) is 5.75 Å². The zero-order valence-corrected chi connectivity index (χ0v) is 10.1. The third-order valence-electron chi connectivity index (χ3n) is 3.87. The number of phenols is 1. The molecule has 2 aliphatic rings. The highest BCUT2D eigenvalue weighted by Crippen LogP contribution is 2.22. The van der Waals surface area contributed by atoms with Crippen molar-refractivity contribution >= 4 is 28.6 Å². The predicted octanol–water partition coefficient (Wildman–Crippen LogP) is 0.374. The van der Waals surface area contributed by atoms with Gasteiger partial charge in [0.25, 0.3) is 0 Å². The Bertz CT molecular complexity index is 848. The van der Waals surface area contributed by atoms with Crippen LogP contribution in [0.2, 0.25) is 0 Å². The molecule has 0 amide bonds. The molecule has 0 spiro atoms. The van der Waals surface area contributed by atoms with Crippen LogP contribution in [0.3, 0.4) is 0 Å². The molecule has 96 valence electrons. The van der Waals surface area contributed by atoms with Gasteiger partial charge in [-0.15, -0.1) is 0 Å². The Morgan fingerprint density at radius 1 is 1.21 bits per heavy atom. The van der Waals surface area contributed by atoms with Crippen molar-refractivity contribution in [3.05, 3.63) is 28.8 Å². The number of carbonyl (C=O) groups is 1. The van der Waals surface area contributed by atoms with Crippen LogP contribution in [0.4, 0.5) is 0 Å². The summed E-state index contributed by atoms with van der Waals surface area (Å²) >= 11 is 0. The van der Waals surface area contributed by atoms with Crippen molar-refractivity contribution in [1.82, 2.24) is 9.63 Å². The van der Waals surface area contributed by atoms with Crippen molar-refractivity contribution in [3.8, 4) is 5.75 Å². The van der Waals surface area contributed by atoms with E-state index in [1.54, 1.807) is 16.7 Å². The Labute approximate surface area is 108 Å². The number of rotatable bonds is 0. The number of aromatic nitrogens is 1. The molecule has 0 atom stereocenters. The maximum atomic E-state index is 12.2. The Balaban J connectivity index is 2.33. The first-order valence-corrected chi connectivity index (χ1v) is 6.23. The van der Waals surface area contributed by atoms with Crippen molar-refractivity contribution in [3.63, 3.8) is 0 Å². The number of fused-ring (bicyclic) bond motifs is 3. The minimum Gasteiger partial charge on any atom is -0.508 e. The molecule has 0 fully saturated rings. The monoisotopic (exact) mass is 256 g/mol. The van der Waals surface area contributed by atoms with Crippen LogP contribution in [-0.4, -0.2) is 32.4 Å². The Morgan fingerprint density at radius 3 is 2.89 bits per heavy atom. The summed E-state index contributed by atoms with van der Waals surface area (Å²) in [7, 11) is 0. The van der Waals surface area contributed by atoms with Gasteiger partial charge in [0, 0.05) is 29.5 Å². The van der Waals surface area contributed by atoms with Gasteiger partial charge in [-0.2, -0.15) is 0 Å². The summed E-state index contributed by atoms with van der Waals surface area (Å²) in [5.41, 5.74) is 1.49. The van der Waals surface area contributed by atoms with Crippen LogP contribution < -0.4 is 10.6 Å². The minimum atomic E-state index is 0.00398.